The molecule has 1 spiro atoms. The fourth-order valence-corrected chi connectivity index (χ4v) is 5.45. The van der Waals surface area contributed by atoms with Crippen molar-refractivity contribution in [2.45, 2.75) is 36.4 Å². The number of nitrogens with zero attached hydrogens (tertiary/aromatic N) is 1. The maximum atomic E-state index is 11.9. The van der Waals surface area contributed by atoms with Gasteiger partial charge >= 0.3 is 0 Å². The van der Waals surface area contributed by atoms with Crippen LogP contribution in [0.15, 0.2) is 0 Å². The number of methoxy groups -OCH3 is 1. The molecule has 4 nitrogen and oxygen atoms in total. The highest BCUT2D eigenvalue weighted by atomic mass is 32.2. The van der Waals surface area contributed by atoms with Crippen LogP contribution in [0.2, 0.25) is 0 Å². The number of sulfonamides is 1. The normalized spacial score (nSPS) is 29.9. The predicted octanol–water partition coefficient (Wildman–Crippen LogP) is 0.931. The Morgan fingerprint density at radius 1 is 1.44 bits per heavy atom. The Kier molecular flexibility index (Phi) is 3.29. The lowest BCUT2D eigenvalue weighted by Gasteiger charge is -2.46. The summed E-state index contributed by atoms with van der Waals surface area (Å²) in [4.78, 5) is 0. The molecule has 0 aromatic carbocycles. The Balaban J connectivity index is 1.96. The highest BCUT2D eigenvalue weighted by Gasteiger charge is 2.53. The molecule has 0 N–H and O–H groups in total. The van der Waals surface area contributed by atoms with Crippen molar-refractivity contribution in [3.05, 3.63) is 0 Å². The number of ether oxygens (including phenoxy) is 1. The summed E-state index contributed by atoms with van der Waals surface area (Å²) in [6.45, 7) is 4.80. The SMILES string of the molecule is CO[C@H]1CSC2(C1)CN(S(=O)(=O)C(C)C)C2. The first-order valence-corrected chi connectivity index (χ1v) is 8.04. The third-order valence-electron chi connectivity index (χ3n) is 3.39. The van der Waals surface area contributed by atoms with Gasteiger partial charge in [0, 0.05) is 30.7 Å². The van der Waals surface area contributed by atoms with Crippen molar-refractivity contribution in [2.24, 2.45) is 0 Å². The molecule has 0 bridgehead atoms. The molecule has 0 unspecified atom stereocenters. The number of hydrogen-bond acceptors (Lipinski definition) is 4. The maximum Gasteiger partial charge on any atom is 0.216 e. The molecule has 94 valence electrons. The molecule has 0 aliphatic carbocycles. The van der Waals surface area contributed by atoms with Crippen LogP contribution in [0.3, 0.4) is 0 Å². The standard InChI is InChI=1S/C10H19NO3S2/c1-8(2)16(12,13)11-6-10(7-11)4-9(14-3)5-15-10/h8-9H,4-7H2,1-3H3/t9-/m1/s1. The first-order valence-electron chi connectivity index (χ1n) is 5.55. The molecular weight excluding hydrogens is 246 g/mol. The Morgan fingerprint density at radius 2 is 2.06 bits per heavy atom. The van der Waals surface area contributed by atoms with Crippen molar-refractivity contribution >= 4 is 21.8 Å². The fourth-order valence-electron chi connectivity index (χ4n) is 2.25. The van der Waals surface area contributed by atoms with Gasteiger partial charge in [0.2, 0.25) is 10.0 Å². The van der Waals surface area contributed by atoms with Gasteiger partial charge in [-0.15, -0.1) is 11.8 Å². The second-order valence-electron chi connectivity index (χ2n) is 4.92. The van der Waals surface area contributed by atoms with E-state index in [2.05, 4.69) is 0 Å². The van der Waals surface area contributed by atoms with E-state index in [0.717, 1.165) is 12.2 Å². The first kappa shape index (κ1) is 12.7. The molecule has 0 amide bonds. The molecule has 2 heterocycles. The van der Waals surface area contributed by atoms with Crippen LogP contribution in [-0.4, -0.2) is 54.8 Å². The average Bonchev–Trinajstić information content (AvgIpc) is 2.59. The van der Waals surface area contributed by atoms with Crippen molar-refractivity contribution < 1.29 is 13.2 Å². The molecule has 6 heteroatoms. The summed E-state index contributed by atoms with van der Waals surface area (Å²) in [7, 11) is -1.32. The van der Waals surface area contributed by atoms with Crippen molar-refractivity contribution in [3.8, 4) is 0 Å². The minimum Gasteiger partial charge on any atom is -0.381 e. The van der Waals surface area contributed by atoms with Gasteiger partial charge < -0.3 is 4.74 Å². The van der Waals surface area contributed by atoms with Crippen LogP contribution in [0.4, 0.5) is 0 Å². The summed E-state index contributed by atoms with van der Waals surface area (Å²) in [5.41, 5.74) is 0. The molecular formula is C10H19NO3S2. The molecule has 2 saturated heterocycles. The van der Waals surface area contributed by atoms with Gasteiger partial charge in [-0.05, 0) is 20.3 Å². The van der Waals surface area contributed by atoms with Gasteiger partial charge in [-0.3, -0.25) is 0 Å². The molecule has 16 heavy (non-hydrogen) atoms. The number of thioether (sulfide) groups is 1. The van der Waals surface area contributed by atoms with Crippen LogP contribution in [0.25, 0.3) is 0 Å². The van der Waals surface area contributed by atoms with E-state index >= 15 is 0 Å². The largest absolute Gasteiger partial charge is 0.381 e. The Hall–Kier alpha value is 0.220. The second kappa shape index (κ2) is 4.15. The summed E-state index contributed by atoms with van der Waals surface area (Å²) >= 11 is 1.86. The molecule has 1 atom stereocenters. The van der Waals surface area contributed by atoms with Crippen LogP contribution in [-0.2, 0) is 14.8 Å². The van der Waals surface area contributed by atoms with E-state index in [1.807, 2.05) is 11.8 Å². The summed E-state index contributed by atoms with van der Waals surface area (Å²) in [5.74, 6) is 0.992. The lowest BCUT2D eigenvalue weighted by Crippen LogP contribution is -2.61. The zero-order chi connectivity index (χ0) is 12.0. The second-order valence-corrected chi connectivity index (χ2v) is 8.89. The molecule has 2 aliphatic heterocycles. The maximum absolute atomic E-state index is 11.9. The lowest BCUT2D eigenvalue weighted by molar-refractivity contribution is 0.0930. The Labute approximate surface area is 102 Å². The molecule has 2 fully saturated rings. The van der Waals surface area contributed by atoms with Crippen LogP contribution >= 0.6 is 11.8 Å². The van der Waals surface area contributed by atoms with Crippen molar-refractivity contribution in [3.63, 3.8) is 0 Å². The van der Waals surface area contributed by atoms with Gasteiger partial charge in [-0.2, -0.15) is 4.31 Å². The zero-order valence-corrected chi connectivity index (χ0v) is 11.6. The quantitative estimate of drug-likeness (QED) is 0.761. The van der Waals surface area contributed by atoms with Gasteiger partial charge in [-0.1, -0.05) is 0 Å². The van der Waals surface area contributed by atoms with Crippen molar-refractivity contribution in [1.82, 2.24) is 4.31 Å². The smallest absolute Gasteiger partial charge is 0.216 e. The van der Waals surface area contributed by atoms with E-state index in [1.165, 1.54) is 0 Å². The summed E-state index contributed by atoms with van der Waals surface area (Å²) in [6.07, 6.45) is 1.28. The number of hydrogen-bond donors (Lipinski definition) is 0. The molecule has 0 radical (unpaired) electrons. The van der Waals surface area contributed by atoms with E-state index in [4.69, 9.17) is 4.74 Å². The molecule has 2 aliphatic rings. The minimum absolute atomic E-state index is 0.142. The topological polar surface area (TPSA) is 46.6 Å². The molecule has 0 saturated carbocycles. The third-order valence-corrected chi connectivity index (χ3v) is 7.14. The third kappa shape index (κ3) is 2.00. The van der Waals surface area contributed by atoms with Crippen molar-refractivity contribution in [2.75, 3.05) is 26.0 Å². The van der Waals surface area contributed by atoms with Gasteiger partial charge in [0.1, 0.15) is 0 Å². The first-order chi connectivity index (χ1) is 7.39. The average molecular weight is 265 g/mol. The minimum atomic E-state index is -3.05. The van der Waals surface area contributed by atoms with E-state index < -0.39 is 10.0 Å². The van der Waals surface area contributed by atoms with E-state index in [-0.39, 0.29) is 10.00 Å². The summed E-state index contributed by atoms with van der Waals surface area (Å²) in [6, 6.07) is 0. The van der Waals surface area contributed by atoms with E-state index in [0.29, 0.717) is 19.2 Å². The van der Waals surface area contributed by atoms with Gasteiger partial charge in [0.25, 0.3) is 0 Å². The van der Waals surface area contributed by atoms with Crippen molar-refractivity contribution in [1.29, 1.82) is 0 Å². The fraction of sp³-hybridized carbons (Fsp3) is 1.00. The highest BCUT2D eigenvalue weighted by molar-refractivity contribution is 8.01. The van der Waals surface area contributed by atoms with Crippen LogP contribution in [0, 0.1) is 0 Å². The van der Waals surface area contributed by atoms with Crippen LogP contribution in [0.1, 0.15) is 20.3 Å². The Bertz CT molecular complexity index is 360. The van der Waals surface area contributed by atoms with E-state index in [1.54, 1.807) is 25.3 Å². The molecule has 0 aromatic heterocycles. The highest BCUT2D eigenvalue weighted by Crippen LogP contribution is 2.47. The molecule has 2 rings (SSSR count). The van der Waals surface area contributed by atoms with Crippen LogP contribution < -0.4 is 0 Å². The van der Waals surface area contributed by atoms with Gasteiger partial charge in [-0.25, -0.2) is 8.42 Å². The van der Waals surface area contributed by atoms with E-state index in [9.17, 15) is 8.42 Å². The lowest BCUT2D eigenvalue weighted by atomic mass is 9.96. The monoisotopic (exact) mass is 265 g/mol. The predicted molar refractivity (Wildman–Crippen MR) is 66.2 cm³/mol. The number of rotatable bonds is 3. The van der Waals surface area contributed by atoms with Gasteiger partial charge in [0.15, 0.2) is 0 Å². The summed E-state index contributed by atoms with van der Waals surface area (Å²) in [5, 5.41) is -0.311. The zero-order valence-electron chi connectivity index (χ0n) is 9.97. The van der Waals surface area contributed by atoms with Crippen LogP contribution in [0.5, 0.6) is 0 Å². The Morgan fingerprint density at radius 3 is 2.50 bits per heavy atom. The van der Waals surface area contributed by atoms with Gasteiger partial charge in [0.05, 0.1) is 11.4 Å². The molecule has 0 aromatic rings. The summed E-state index contributed by atoms with van der Waals surface area (Å²) < 4.78 is 30.9.